The van der Waals surface area contributed by atoms with Crippen LogP contribution < -0.4 is 0 Å². The van der Waals surface area contributed by atoms with Crippen molar-refractivity contribution in [1.29, 1.82) is 0 Å². The summed E-state index contributed by atoms with van der Waals surface area (Å²) in [5, 5.41) is 10.0. The van der Waals surface area contributed by atoms with E-state index in [2.05, 4.69) is 6.07 Å². The van der Waals surface area contributed by atoms with Crippen LogP contribution in [0.5, 0.6) is 0 Å². The Labute approximate surface area is 83.2 Å². The number of hydrogen-bond acceptors (Lipinski definition) is 2. The number of aliphatic hydroxyl groups excluding tert-OH is 1. The van der Waals surface area contributed by atoms with Gasteiger partial charge < -0.3 is 9.52 Å². The summed E-state index contributed by atoms with van der Waals surface area (Å²) >= 11 is 0. The lowest BCUT2D eigenvalue weighted by Crippen LogP contribution is -1.90. The lowest BCUT2D eigenvalue weighted by Gasteiger charge is -2.01. The number of aryl methyl sites for hydroxylation is 2. The summed E-state index contributed by atoms with van der Waals surface area (Å²) in [4.78, 5) is 0. The maximum atomic E-state index is 8.80. The fraction of sp³-hybridized carbons (Fsp3) is 0.333. The van der Waals surface area contributed by atoms with Gasteiger partial charge in [0, 0.05) is 12.0 Å². The highest BCUT2D eigenvalue weighted by molar-refractivity contribution is 5.84. The molecule has 0 unspecified atom stereocenters. The molecule has 1 aromatic carbocycles. The number of aliphatic hydroxyl groups is 1. The maximum Gasteiger partial charge on any atom is 0.134 e. The fourth-order valence-electron chi connectivity index (χ4n) is 1.81. The van der Waals surface area contributed by atoms with Crippen molar-refractivity contribution in [3.8, 4) is 0 Å². The SMILES string of the molecule is Cc1coc2cccc(CCCO)c12. The number of benzene rings is 1. The Morgan fingerprint density at radius 2 is 2.21 bits per heavy atom. The molecule has 0 amide bonds. The van der Waals surface area contributed by atoms with Gasteiger partial charge in [0.25, 0.3) is 0 Å². The third-order valence-electron chi connectivity index (χ3n) is 2.47. The Hall–Kier alpha value is -1.28. The van der Waals surface area contributed by atoms with Crippen LogP contribution in [-0.2, 0) is 6.42 Å². The smallest absolute Gasteiger partial charge is 0.134 e. The first kappa shape index (κ1) is 9.28. The van der Waals surface area contributed by atoms with E-state index in [0.717, 1.165) is 18.4 Å². The first-order valence-corrected chi connectivity index (χ1v) is 4.89. The van der Waals surface area contributed by atoms with Crippen molar-refractivity contribution in [2.45, 2.75) is 19.8 Å². The molecule has 0 atom stereocenters. The standard InChI is InChI=1S/C12H14O2/c1-9-8-14-11-6-2-4-10(12(9)11)5-3-7-13/h2,4,6,8,13H,3,5,7H2,1H3. The highest BCUT2D eigenvalue weighted by Gasteiger charge is 2.06. The van der Waals surface area contributed by atoms with E-state index < -0.39 is 0 Å². The predicted octanol–water partition coefficient (Wildman–Crippen LogP) is 2.67. The molecule has 1 heterocycles. The molecule has 1 aromatic heterocycles. The van der Waals surface area contributed by atoms with Gasteiger partial charge in [-0.2, -0.15) is 0 Å². The van der Waals surface area contributed by atoms with Crippen LogP contribution in [0.3, 0.4) is 0 Å². The van der Waals surface area contributed by atoms with Crippen LogP contribution in [0.1, 0.15) is 17.5 Å². The molecule has 0 spiro atoms. The molecule has 0 aliphatic rings. The summed E-state index contributed by atoms with van der Waals surface area (Å²) in [5.74, 6) is 0. The third-order valence-corrected chi connectivity index (χ3v) is 2.47. The van der Waals surface area contributed by atoms with Crippen molar-refractivity contribution in [3.05, 3.63) is 35.6 Å². The summed E-state index contributed by atoms with van der Waals surface area (Å²) in [5.41, 5.74) is 3.38. The second-order valence-corrected chi connectivity index (χ2v) is 3.54. The molecule has 0 saturated heterocycles. The molecule has 0 aliphatic heterocycles. The van der Waals surface area contributed by atoms with Crippen LogP contribution in [0.4, 0.5) is 0 Å². The van der Waals surface area contributed by atoms with Gasteiger partial charge in [0.15, 0.2) is 0 Å². The molecule has 1 N–H and O–H groups in total. The van der Waals surface area contributed by atoms with Gasteiger partial charge in [-0.25, -0.2) is 0 Å². The third kappa shape index (κ3) is 1.53. The predicted molar refractivity (Wildman–Crippen MR) is 56.4 cm³/mol. The zero-order valence-electron chi connectivity index (χ0n) is 8.29. The number of rotatable bonds is 3. The second-order valence-electron chi connectivity index (χ2n) is 3.54. The zero-order valence-corrected chi connectivity index (χ0v) is 8.29. The Kier molecular flexibility index (Phi) is 2.55. The summed E-state index contributed by atoms with van der Waals surface area (Å²) in [7, 11) is 0. The minimum Gasteiger partial charge on any atom is -0.464 e. The molecule has 0 bridgehead atoms. The van der Waals surface area contributed by atoms with Gasteiger partial charge >= 0.3 is 0 Å². The Morgan fingerprint density at radius 3 is 3.00 bits per heavy atom. The van der Waals surface area contributed by atoms with E-state index in [1.807, 2.05) is 19.1 Å². The lowest BCUT2D eigenvalue weighted by molar-refractivity contribution is 0.289. The molecular formula is C12H14O2. The minimum atomic E-state index is 0.243. The van der Waals surface area contributed by atoms with Gasteiger partial charge in [0.1, 0.15) is 5.58 Å². The number of furan rings is 1. The van der Waals surface area contributed by atoms with Gasteiger partial charge in [-0.3, -0.25) is 0 Å². The summed E-state index contributed by atoms with van der Waals surface area (Å²) in [6.45, 7) is 2.29. The molecular weight excluding hydrogens is 176 g/mol. The zero-order chi connectivity index (χ0) is 9.97. The van der Waals surface area contributed by atoms with Crippen molar-refractivity contribution in [3.63, 3.8) is 0 Å². The summed E-state index contributed by atoms with van der Waals surface area (Å²) in [6, 6.07) is 6.07. The average molecular weight is 190 g/mol. The van der Waals surface area contributed by atoms with E-state index in [4.69, 9.17) is 9.52 Å². The molecule has 2 rings (SSSR count). The van der Waals surface area contributed by atoms with Gasteiger partial charge in [-0.05, 0) is 37.0 Å². The number of fused-ring (bicyclic) bond motifs is 1. The van der Waals surface area contributed by atoms with E-state index in [-0.39, 0.29) is 6.61 Å². The highest BCUT2D eigenvalue weighted by atomic mass is 16.3. The van der Waals surface area contributed by atoms with Crippen LogP contribution in [0, 0.1) is 6.92 Å². The van der Waals surface area contributed by atoms with Gasteiger partial charge in [-0.15, -0.1) is 0 Å². The highest BCUT2D eigenvalue weighted by Crippen LogP contribution is 2.25. The van der Waals surface area contributed by atoms with E-state index in [0.29, 0.717) is 0 Å². The first-order valence-electron chi connectivity index (χ1n) is 4.89. The molecule has 14 heavy (non-hydrogen) atoms. The van der Waals surface area contributed by atoms with Gasteiger partial charge in [0.2, 0.25) is 0 Å². The minimum absolute atomic E-state index is 0.243. The van der Waals surface area contributed by atoms with Crippen LogP contribution in [-0.4, -0.2) is 11.7 Å². The number of hydrogen-bond donors (Lipinski definition) is 1. The summed E-state index contributed by atoms with van der Waals surface area (Å²) < 4.78 is 5.41. The van der Waals surface area contributed by atoms with E-state index in [1.54, 1.807) is 6.26 Å². The fourth-order valence-corrected chi connectivity index (χ4v) is 1.81. The molecule has 0 fully saturated rings. The topological polar surface area (TPSA) is 33.4 Å². The van der Waals surface area contributed by atoms with E-state index in [9.17, 15) is 0 Å². The lowest BCUT2D eigenvalue weighted by atomic mass is 10.0. The largest absolute Gasteiger partial charge is 0.464 e. The monoisotopic (exact) mass is 190 g/mol. The van der Waals surface area contributed by atoms with Gasteiger partial charge in [0.05, 0.1) is 6.26 Å². The average Bonchev–Trinajstić information content (AvgIpc) is 2.58. The van der Waals surface area contributed by atoms with Crippen LogP contribution in [0.15, 0.2) is 28.9 Å². The van der Waals surface area contributed by atoms with E-state index >= 15 is 0 Å². The molecule has 0 saturated carbocycles. The van der Waals surface area contributed by atoms with Crippen LogP contribution in [0.2, 0.25) is 0 Å². The molecule has 2 heteroatoms. The molecule has 2 nitrogen and oxygen atoms in total. The molecule has 74 valence electrons. The molecule has 0 aliphatic carbocycles. The van der Waals surface area contributed by atoms with Crippen LogP contribution >= 0.6 is 0 Å². The van der Waals surface area contributed by atoms with Gasteiger partial charge in [-0.1, -0.05) is 12.1 Å². The molecule has 0 radical (unpaired) electrons. The Morgan fingerprint density at radius 1 is 1.36 bits per heavy atom. The first-order chi connectivity index (χ1) is 6.83. The van der Waals surface area contributed by atoms with Crippen molar-refractivity contribution in [2.24, 2.45) is 0 Å². The Bertz CT molecular complexity index is 429. The normalized spacial score (nSPS) is 11.0. The van der Waals surface area contributed by atoms with Crippen LogP contribution in [0.25, 0.3) is 11.0 Å². The Balaban J connectivity index is 2.46. The van der Waals surface area contributed by atoms with Crippen molar-refractivity contribution < 1.29 is 9.52 Å². The van der Waals surface area contributed by atoms with Crippen molar-refractivity contribution in [1.82, 2.24) is 0 Å². The maximum absolute atomic E-state index is 8.80. The van der Waals surface area contributed by atoms with Crippen molar-refractivity contribution in [2.75, 3.05) is 6.61 Å². The second kappa shape index (κ2) is 3.84. The molecule has 2 aromatic rings. The summed E-state index contributed by atoms with van der Waals surface area (Å²) in [6.07, 6.45) is 3.51. The van der Waals surface area contributed by atoms with Crippen molar-refractivity contribution >= 4 is 11.0 Å². The van der Waals surface area contributed by atoms with E-state index in [1.165, 1.54) is 16.5 Å². The quantitative estimate of drug-likeness (QED) is 0.807.